The predicted octanol–water partition coefficient (Wildman–Crippen LogP) is -1.22. The van der Waals surface area contributed by atoms with Crippen molar-refractivity contribution in [1.82, 2.24) is 10.3 Å². The van der Waals surface area contributed by atoms with E-state index in [9.17, 15) is 0 Å². The van der Waals surface area contributed by atoms with E-state index in [2.05, 4.69) is 15.3 Å². The average Bonchev–Trinajstić information content (AvgIpc) is 2.26. The molecule has 0 atom stereocenters. The highest BCUT2D eigenvalue weighted by Gasteiger charge is 2.13. The topological polar surface area (TPSA) is 72.1 Å². The monoisotopic (exact) mass is 202 g/mol. The number of hydrazine groups is 1. The number of nitrogens with two attached hydrogens (primary N) is 1. The molecule has 1 heterocycles. The van der Waals surface area contributed by atoms with Crippen molar-refractivity contribution in [2.45, 2.75) is 0 Å². The highest BCUT2D eigenvalue weighted by molar-refractivity contribution is 5.79. The molecule has 0 aromatic rings. The molecule has 1 aliphatic heterocycles. The molecule has 0 aromatic carbocycles. The number of guanidine groups is 1. The quantitative estimate of drug-likeness (QED) is 0.197. The second kappa shape index (κ2) is 6.58. The molecule has 14 heavy (non-hydrogen) atoms. The van der Waals surface area contributed by atoms with Gasteiger partial charge in [-0.05, 0) is 0 Å². The van der Waals surface area contributed by atoms with Crippen LogP contribution in [-0.2, 0) is 9.47 Å². The minimum absolute atomic E-state index is 0.607. The fourth-order valence-electron chi connectivity index (χ4n) is 1.25. The van der Waals surface area contributed by atoms with Gasteiger partial charge in [-0.25, -0.2) is 10.8 Å². The van der Waals surface area contributed by atoms with E-state index in [-0.39, 0.29) is 0 Å². The first kappa shape index (κ1) is 11.2. The van der Waals surface area contributed by atoms with Crippen LogP contribution in [0.25, 0.3) is 0 Å². The SMILES string of the molecule is COCCN=C(NN)N1CCOCC1. The molecule has 0 spiro atoms. The van der Waals surface area contributed by atoms with Crippen molar-refractivity contribution in [3.8, 4) is 0 Å². The Labute approximate surface area is 84.0 Å². The molecule has 0 amide bonds. The predicted molar refractivity (Wildman–Crippen MR) is 53.9 cm³/mol. The van der Waals surface area contributed by atoms with Gasteiger partial charge >= 0.3 is 0 Å². The van der Waals surface area contributed by atoms with Gasteiger partial charge in [-0.3, -0.25) is 5.43 Å². The van der Waals surface area contributed by atoms with Gasteiger partial charge in [0.05, 0.1) is 26.4 Å². The fraction of sp³-hybridized carbons (Fsp3) is 0.875. The first-order valence-electron chi connectivity index (χ1n) is 4.71. The average molecular weight is 202 g/mol. The molecule has 3 N–H and O–H groups in total. The Balaban J connectivity index is 2.38. The van der Waals surface area contributed by atoms with Gasteiger partial charge in [0.2, 0.25) is 5.96 Å². The molecule has 6 heteroatoms. The van der Waals surface area contributed by atoms with Gasteiger partial charge in [-0.1, -0.05) is 0 Å². The number of nitrogens with one attached hydrogen (secondary N) is 1. The van der Waals surface area contributed by atoms with E-state index in [4.69, 9.17) is 15.3 Å². The molecule has 1 fully saturated rings. The van der Waals surface area contributed by atoms with E-state index in [1.165, 1.54) is 0 Å². The molecule has 0 aromatic heterocycles. The van der Waals surface area contributed by atoms with Crippen LogP contribution in [0.5, 0.6) is 0 Å². The highest BCUT2D eigenvalue weighted by atomic mass is 16.5. The first-order valence-corrected chi connectivity index (χ1v) is 4.71. The summed E-state index contributed by atoms with van der Waals surface area (Å²) in [4.78, 5) is 6.35. The molecule has 0 radical (unpaired) electrons. The number of rotatable bonds is 3. The Bertz CT molecular complexity index is 180. The van der Waals surface area contributed by atoms with Crippen LogP contribution in [0.3, 0.4) is 0 Å². The van der Waals surface area contributed by atoms with Crippen molar-refractivity contribution in [3.05, 3.63) is 0 Å². The largest absolute Gasteiger partial charge is 0.383 e. The van der Waals surface area contributed by atoms with E-state index in [0.717, 1.165) is 26.3 Å². The number of nitrogens with zero attached hydrogens (tertiary/aromatic N) is 2. The molecular weight excluding hydrogens is 184 g/mol. The third-order valence-electron chi connectivity index (χ3n) is 2.00. The standard InChI is InChI=1S/C8H18N4O2/c1-13-5-2-10-8(11-9)12-3-6-14-7-4-12/h2-7,9H2,1H3,(H,10,11). The van der Waals surface area contributed by atoms with Crippen LogP contribution in [0.4, 0.5) is 0 Å². The van der Waals surface area contributed by atoms with Crippen LogP contribution in [0, 0.1) is 0 Å². The molecule has 1 saturated heterocycles. The fourth-order valence-corrected chi connectivity index (χ4v) is 1.25. The minimum Gasteiger partial charge on any atom is -0.383 e. The van der Waals surface area contributed by atoms with Gasteiger partial charge in [0.15, 0.2) is 0 Å². The summed E-state index contributed by atoms with van der Waals surface area (Å²) in [6.07, 6.45) is 0. The summed E-state index contributed by atoms with van der Waals surface area (Å²) < 4.78 is 10.1. The summed E-state index contributed by atoms with van der Waals surface area (Å²) in [6.45, 7) is 4.34. The van der Waals surface area contributed by atoms with E-state index in [1.807, 2.05) is 0 Å². The number of aliphatic imine (C=N–C) groups is 1. The molecule has 0 aliphatic carbocycles. The smallest absolute Gasteiger partial charge is 0.208 e. The van der Waals surface area contributed by atoms with E-state index in [0.29, 0.717) is 19.1 Å². The number of hydrogen-bond acceptors (Lipinski definition) is 4. The lowest BCUT2D eigenvalue weighted by molar-refractivity contribution is 0.0663. The number of hydrogen-bond donors (Lipinski definition) is 2. The van der Waals surface area contributed by atoms with Gasteiger partial charge in [0.1, 0.15) is 0 Å². The number of ether oxygens (including phenoxy) is 2. The van der Waals surface area contributed by atoms with E-state index >= 15 is 0 Å². The van der Waals surface area contributed by atoms with Gasteiger partial charge in [0, 0.05) is 20.2 Å². The third-order valence-corrected chi connectivity index (χ3v) is 2.00. The van der Waals surface area contributed by atoms with Crippen molar-refractivity contribution < 1.29 is 9.47 Å². The van der Waals surface area contributed by atoms with Gasteiger partial charge in [-0.15, -0.1) is 0 Å². The maximum absolute atomic E-state index is 5.38. The maximum atomic E-state index is 5.38. The Kier molecular flexibility index (Phi) is 5.28. The Morgan fingerprint density at radius 1 is 1.57 bits per heavy atom. The van der Waals surface area contributed by atoms with Gasteiger partial charge in [-0.2, -0.15) is 0 Å². The van der Waals surface area contributed by atoms with E-state index < -0.39 is 0 Å². The van der Waals surface area contributed by atoms with Gasteiger partial charge < -0.3 is 14.4 Å². The Hall–Kier alpha value is -0.850. The zero-order valence-corrected chi connectivity index (χ0v) is 8.53. The lowest BCUT2D eigenvalue weighted by Gasteiger charge is -2.29. The number of morpholine rings is 1. The van der Waals surface area contributed by atoms with Gasteiger partial charge in [0.25, 0.3) is 0 Å². The van der Waals surface area contributed by atoms with Crippen LogP contribution < -0.4 is 11.3 Å². The lowest BCUT2D eigenvalue weighted by Crippen LogP contribution is -2.49. The summed E-state index contributed by atoms with van der Waals surface area (Å²) >= 11 is 0. The molecule has 0 unspecified atom stereocenters. The van der Waals surface area contributed by atoms with Crippen molar-refractivity contribution in [2.75, 3.05) is 46.6 Å². The van der Waals surface area contributed by atoms with Crippen molar-refractivity contribution in [2.24, 2.45) is 10.8 Å². The minimum atomic E-state index is 0.607. The maximum Gasteiger partial charge on any atom is 0.208 e. The summed E-state index contributed by atoms with van der Waals surface area (Å²) in [5, 5.41) is 0. The molecular formula is C8H18N4O2. The summed E-state index contributed by atoms with van der Waals surface area (Å²) in [7, 11) is 1.65. The normalized spacial score (nSPS) is 18.4. The van der Waals surface area contributed by atoms with Crippen LogP contribution in [0.2, 0.25) is 0 Å². The van der Waals surface area contributed by atoms with Crippen LogP contribution in [-0.4, -0.2) is 57.4 Å². The van der Waals surface area contributed by atoms with Crippen LogP contribution in [0.15, 0.2) is 4.99 Å². The molecule has 82 valence electrons. The zero-order valence-electron chi connectivity index (χ0n) is 8.53. The van der Waals surface area contributed by atoms with Crippen molar-refractivity contribution in [3.63, 3.8) is 0 Å². The molecule has 6 nitrogen and oxygen atoms in total. The Morgan fingerprint density at radius 2 is 2.29 bits per heavy atom. The third kappa shape index (κ3) is 3.49. The Morgan fingerprint density at radius 3 is 2.86 bits per heavy atom. The van der Waals surface area contributed by atoms with E-state index in [1.54, 1.807) is 7.11 Å². The summed E-state index contributed by atoms with van der Waals surface area (Å²) in [5.74, 6) is 6.10. The number of methoxy groups -OCH3 is 1. The molecule has 0 bridgehead atoms. The lowest BCUT2D eigenvalue weighted by atomic mass is 10.4. The zero-order chi connectivity index (χ0) is 10.2. The molecule has 1 aliphatic rings. The summed E-state index contributed by atoms with van der Waals surface area (Å²) in [5.41, 5.74) is 2.60. The van der Waals surface area contributed by atoms with Crippen molar-refractivity contribution >= 4 is 5.96 Å². The molecule has 0 saturated carbocycles. The second-order valence-electron chi connectivity index (χ2n) is 2.94. The highest BCUT2D eigenvalue weighted by Crippen LogP contribution is 1.96. The first-order chi connectivity index (χ1) is 6.88. The van der Waals surface area contributed by atoms with Crippen LogP contribution >= 0.6 is 0 Å². The second-order valence-corrected chi connectivity index (χ2v) is 2.94. The van der Waals surface area contributed by atoms with Crippen molar-refractivity contribution in [1.29, 1.82) is 0 Å². The molecule has 1 rings (SSSR count). The van der Waals surface area contributed by atoms with Crippen LogP contribution in [0.1, 0.15) is 0 Å². The summed E-state index contributed by atoms with van der Waals surface area (Å²) in [6, 6.07) is 0.